The molecule has 1 saturated carbocycles. The Morgan fingerprint density at radius 2 is 1.52 bits per heavy atom. The predicted octanol–water partition coefficient (Wildman–Crippen LogP) is 4.52. The molecule has 1 aliphatic rings. The summed E-state index contributed by atoms with van der Waals surface area (Å²) in [6.07, 6.45) is 1.19. The fourth-order valence-electron chi connectivity index (χ4n) is 2.66. The molecule has 2 atom stereocenters. The first-order chi connectivity index (χ1) is 9.95. The lowest BCUT2D eigenvalue weighted by Gasteiger charge is -2.21. The van der Waals surface area contributed by atoms with Crippen LogP contribution >= 0.6 is 11.6 Å². The Morgan fingerprint density at radius 1 is 1.05 bits per heavy atom. The van der Waals surface area contributed by atoms with Crippen molar-refractivity contribution < 1.29 is 5.11 Å². The third-order valence-electron chi connectivity index (χ3n) is 4.31. The van der Waals surface area contributed by atoms with Gasteiger partial charge in [0.2, 0.25) is 0 Å². The Hall–Kier alpha value is -1.51. The van der Waals surface area contributed by atoms with Crippen molar-refractivity contribution in [3.05, 3.63) is 64.7 Å². The van der Waals surface area contributed by atoms with E-state index in [2.05, 4.69) is 31.3 Å². The highest BCUT2D eigenvalue weighted by atomic mass is 35.5. The predicted molar refractivity (Wildman–Crippen MR) is 86.7 cm³/mol. The van der Waals surface area contributed by atoms with Crippen molar-refractivity contribution in [2.75, 3.05) is 0 Å². The first kappa shape index (κ1) is 14.4. The van der Waals surface area contributed by atoms with Crippen molar-refractivity contribution in [3.63, 3.8) is 0 Å². The summed E-state index contributed by atoms with van der Waals surface area (Å²) in [4.78, 5) is 0. The SMILES string of the molecule is CC1(C)CC1NC(c1ccc(O)cc1)c1ccc(Cl)cc1. The van der Waals surface area contributed by atoms with E-state index in [1.807, 2.05) is 24.3 Å². The minimum Gasteiger partial charge on any atom is -0.508 e. The van der Waals surface area contributed by atoms with Crippen LogP contribution in [0.25, 0.3) is 0 Å². The minimum absolute atomic E-state index is 0.120. The molecule has 2 nitrogen and oxygen atoms in total. The lowest BCUT2D eigenvalue weighted by molar-refractivity contribution is 0.473. The summed E-state index contributed by atoms with van der Waals surface area (Å²) >= 11 is 5.99. The van der Waals surface area contributed by atoms with Crippen molar-refractivity contribution in [2.24, 2.45) is 5.41 Å². The Labute approximate surface area is 130 Å². The molecule has 3 rings (SSSR count). The molecule has 0 spiro atoms. The Kier molecular flexibility index (Phi) is 3.68. The van der Waals surface area contributed by atoms with E-state index in [0.29, 0.717) is 17.2 Å². The van der Waals surface area contributed by atoms with Gasteiger partial charge >= 0.3 is 0 Å². The zero-order valence-electron chi connectivity index (χ0n) is 12.3. The van der Waals surface area contributed by atoms with Crippen LogP contribution in [0.1, 0.15) is 37.4 Å². The number of rotatable bonds is 4. The van der Waals surface area contributed by atoms with Crippen LogP contribution in [0.4, 0.5) is 0 Å². The molecule has 0 aromatic heterocycles. The molecule has 0 heterocycles. The average molecular weight is 302 g/mol. The summed E-state index contributed by atoms with van der Waals surface area (Å²) in [6, 6.07) is 16.0. The van der Waals surface area contributed by atoms with Gasteiger partial charge in [-0.15, -0.1) is 0 Å². The minimum atomic E-state index is 0.120. The molecule has 0 amide bonds. The van der Waals surface area contributed by atoms with Crippen LogP contribution < -0.4 is 5.32 Å². The van der Waals surface area contributed by atoms with Gasteiger partial charge in [-0.2, -0.15) is 0 Å². The number of benzene rings is 2. The van der Waals surface area contributed by atoms with Crippen LogP contribution in [0.15, 0.2) is 48.5 Å². The highest BCUT2D eigenvalue weighted by molar-refractivity contribution is 6.30. The number of nitrogens with one attached hydrogen (secondary N) is 1. The topological polar surface area (TPSA) is 32.3 Å². The molecule has 0 saturated heterocycles. The van der Waals surface area contributed by atoms with Gasteiger partial charge in [-0.3, -0.25) is 0 Å². The number of hydrogen-bond donors (Lipinski definition) is 2. The molecule has 110 valence electrons. The summed E-state index contributed by atoms with van der Waals surface area (Å²) in [5.74, 6) is 0.292. The molecule has 0 radical (unpaired) electrons. The van der Waals surface area contributed by atoms with E-state index in [1.54, 1.807) is 12.1 Å². The second kappa shape index (κ2) is 5.36. The smallest absolute Gasteiger partial charge is 0.115 e. The fraction of sp³-hybridized carbons (Fsp3) is 0.333. The summed E-state index contributed by atoms with van der Waals surface area (Å²) in [5.41, 5.74) is 2.70. The quantitative estimate of drug-likeness (QED) is 0.870. The summed E-state index contributed by atoms with van der Waals surface area (Å²) in [7, 11) is 0. The number of hydrogen-bond acceptors (Lipinski definition) is 2. The van der Waals surface area contributed by atoms with E-state index >= 15 is 0 Å². The maximum Gasteiger partial charge on any atom is 0.115 e. The van der Waals surface area contributed by atoms with Crippen LogP contribution in [-0.4, -0.2) is 11.1 Å². The monoisotopic (exact) mass is 301 g/mol. The van der Waals surface area contributed by atoms with Gasteiger partial charge in [0.25, 0.3) is 0 Å². The third-order valence-corrected chi connectivity index (χ3v) is 4.56. The number of aromatic hydroxyl groups is 1. The third kappa shape index (κ3) is 3.22. The fourth-order valence-corrected chi connectivity index (χ4v) is 2.79. The van der Waals surface area contributed by atoms with Crippen LogP contribution in [0.5, 0.6) is 5.75 Å². The largest absolute Gasteiger partial charge is 0.508 e. The van der Waals surface area contributed by atoms with Gasteiger partial charge in [-0.1, -0.05) is 49.7 Å². The van der Waals surface area contributed by atoms with Crippen molar-refractivity contribution in [1.82, 2.24) is 5.32 Å². The molecule has 2 aromatic carbocycles. The average Bonchev–Trinajstić information content (AvgIpc) is 3.06. The van der Waals surface area contributed by atoms with E-state index in [-0.39, 0.29) is 6.04 Å². The molecule has 2 unspecified atom stereocenters. The van der Waals surface area contributed by atoms with Crippen LogP contribution in [-0.2, 0) is 0 Å². The zero-order valence-corrected chi connectivity index (χ0v) is 13.1. The molecule has 2 aromatic rings. The van der Waals surface area contributed by atoms with E-state index in [1.165, 1.54) is 12.0 Å². The van der Waals surface area contributed by atoms with Crippen molar-refractivity contribution in [1.29, 1.82) is 0 Å². The molecular weight excluding hydrogens is 282 g/mol. The number of phenols is 1. The zero-order chi connectivity index (χ0) is 15.0. The van der Waals surface area contributed by atoms with Crippen molar-refractivity contribution in [2.45, 2.75) is 32.4 Å². The molecule has 0 bridgehead atoms. The van der Waals surface area contributed by atoms with Crippen LogP contribution in [0, 0.1) is 5.41 Å². The number of phenolic OH excluding ortho intramolecular Hbond substituents is 1. The molecule has 21 heavy (non-hydrogen) atoms. The summed E-state index contributed by atoms with van der Waals surface area (Å²) < 4.78 is 0. The van der Waals surface area contributed by atoms with Crippen LogP contribution in [0.3, 0.4) is 0 Å². The molecule has 1 aliphatic carbocycles. The van der Waals surface area contributed by atoms with Gasteiger partial charge in [0.1, 0.15) is 5.75 Å². The lowest BCUT2D eigenvalue weighted by Crippen LogP contribution is -2.27. The molecule has 0 aliphatic heterocycles. The number of halogens is 1. The van der Waals surface area contributed by atoms with E-state index in [4.69, 9.17) is 11.6 Å². The maximum atomic E-state index is 9.48. The van der Waals surface area contributed by atoms with E-state index in [0.717, 1.165) is 10.6 Å². The molecule has 3 heteroatoms. The van der Waals surface area contributed by atoms with Gasteiger partial charge in [0, 0.05) is 11.1 Å². The van der Waals surface area contributed by atoms with Gasteiger partial charge in [-0.05, 0) is 47.2 Å². The molecule has 2 N–H and O–H groups in total. The normalized spacial score (nSPS) is 21.0. The summed E-state index contributed by atoms with van der Waals surface area (Å²) in [5, 5.41) is 14.0. The highest BCUT2D eigenvalue weighted by Gasteiger charge is 2.46. The Bertz CT molecular complexity index is 573. The van der Waals surface area contributed by atoms with Gasteiger partial charge in [0.05, 0.1) is 6.04 Å². The van der Waals surface area contributed by atoms with Crippen molar-refractivity contribution in [3.8, 4) is 5.75 Å². The maximum absolute atomic E-state index is 9.48. The standard InChI is InChI=1S/C18H20ClNO/c1-18(2)11-16(18)20-17(12-3-7-14(19)8-4-12)13-5-9-15(21)10-6-13/h3-10,16-17,20-21H,11H2,1-2H3. The Balaban J connectivity index is 1.90. The summed E-state index contributed by atoms with van der Waals surface area (Å²) in [6.45, 7) is 4.56. The van der Waals surface area contributed by atoms with Gasteiger partial charge in [-0.25, -0.2) is 0 Å². The first-order valence-electron chi connectivity index (χ1n) is 7.26. The second-order valence-electron chi connectivity index (χ2n) is 6.49. The van der Waals surface area contributed by atoms with Crippen molar-refractivity contribution >= 4 is 11.6 Å². The highest BCUT2D eigenvalue weighted by Crippen LogP contribution is 2.46. The van der Waals surface area contributed by atoms with Gasteiger partial charge < -0.3 is 10.4 Å². The van der Waals surface area contributed by atoms with E-state index < -0.39 is 0 Å². The van der Waals surface area contributed by atoms with Crippen LogP contribution in [0.2, 0.25) is 5.02 Å². The Morgan fingerprint density at radius 3 is 2.00 bits per heavy atom. The van der Waals surface area contributed by atoms with Gasteiger partial charge in [0.15, 0.2) is 0 Å². The first-order valence-corrected chi connectivity index (χ1v) is 7.64. The molecule has 1 fully saturated rings. The molecular formula is C18H20ClNO. The lowest BCUT2D eigenvalue weighted by atomic mass is 9.98. The second-order valence-corrected chi connectivity index (χ2v) is 6.92. The van der Waals surface area contributed by atoms with E-state index in [9.17, 15) is 5.11 Å².